The summed E-state index contributed by atoms with van der Waals surface area (Å²) in [6, 6.07) is 4.20. The first kappa shape index (κ1) is 15.6. The number of halogens is 2. The molecule has 1 aromatic carbocycles. The molecule has 0 unspecified atom stereocenters. The molecule has 1 N–H and O–H groups in total. The normalized spacial score (nSPS) is 10.1. The van der Waals surface area contributed by atoms with Crippen LogP contribution in [0.25, 0.3) is 0 Å². The van der Waals surface area contributed by atoms with E-state index in [1.54, 1.807) is 6.07 Å². The van der Waals surface area contributed by atoms with Gasteiger partial charge in [-0.25, -0.2) is 4.39 Å². The lowest BCUT2D eigenvalue weighted by Crippen LogP contribution is -2.38. The van der Waals surface area contributed by atoms with Crippen molar-refractivity contribution in [2.75, 3.05) is 20.1 Å². The number of hydrogen-bond donors (Lipinski definition) is 1. The van der Waals surface area contributed by atoms with Crippen molar-refractivity contribution in [2.24, 2.45) is 0 Å². The van der Waals surface area contributed by atoms with E-state index < -0.39 is 11.7 Å². The number of carbonyl (C=O) groups is 2. The summed E-state index contributed by atoms with van der Waals surface area (Å²) in [5.41, 5.74) is -0.0472. The highest BCUT2D eigenvalue weighted by Gasteiger charge is 2.18. The maximum absolute atomic E-state index is 13.6. The summed E-state index contributed by atoms with van der Waals surface area (Å²) in [6.45, 7) is 2.41. The van der Waals surface area contributed by atoms with Crippen molar-refractivity contribution in [3.05, 3.63) is 34.1 Å². The molecule has 0 bridgehead atoms. The lowest BCUT2D eigenvalue weighted by Gasteiger charge is -2.17. The summed E-state index contributed by atoms with van der Waals surface area (Å²) in [6.07, 6.45) is 0.824. The molecule has 0 aromatic heterocycles. The standard InChI is InChI=1S/C13H16BrFN2O2/c1-3-6-16-12(18)8-17(2)13(19)10-5-4-9(14)7-11(10)15/h4-5,7H,3,6,8H2,1-2H3,(H,16,18). The fourth-order valence-corrected chi connectivity index (χ4v) is 1.81. The fraction of sp³-hybridized carbons (Fsp3) is 0.385. The van der Waals surface area contributed by atoms with Gasteiger partial charge in [0, 0.05) is 18.1 Å². The molecule has 1 aromatic rings. The van der Waals surface area contributed by atoms with E-state index in [4.69, 9.17) is 0 Å². The first-order valence-electron chi connectivity index (χ1n) is 5.93. The van der Waals surface area contributed by atoms with E-state index in [0.29, 0.717) is 11.0 Å². The van der Waals surface area contributed by atoms with E-state index >= 15 is 0 Å². The first-order chi connectivity index (χ1) is 8.95. The van der Waals surface area contributed by atoms with Crippen LogP contribution in [0.2, 0.25) is 0 Å². The summed E-state index contributed by atoms with van der Waals surface area (Å²) in [4.78, 5) is 24.6. The Morgan fingerprint density at radius 1 is 1.42 bits per heavy atom. The van der Waals surface area contributed by atoms with Crippen LogP contribution >= 0.6 is 15.9 Å². The second kappa shape index (κ2) is 7.23. The predicted molar refractivity (Wildman–Crippen MR) is 74.4 cm³/mol. The van der Waals surface area contributed by atoms with Crippen LogP contribution in [0.15, 0.2) is 22.7 Å². The molecular formula is C13H16BrFN2O2. The zero-order chi connectivity index (χ0) is 14.4. The van der Waals surface area contributed by atoms with Crippen LogP contribution in [0.1, 0.15) is 23.7 Å². The molecule has 0 radical (unpaired) electrons. The smallest absolute Gasteiger partial charge is 0.257 e. The molecule has 0 spiro atoms. The van der Waals surface area contributed by atoms with E-state index in [1.807, 2.05) is 6.92 Å². The molecule has 19 heavy (non-hydrogen) atoms. The fourth-order valence-electron chi connectivity index (χ4n) is 1.48. The Kier molecular flexibility index (Phi) is 5.95. The van der Waals surface area contributed by atoms with Crippen molar-refractivity contribution in [2.45, 2.75) is 13.3 Å². The SMILES string of the molecule is CCCNC(=O)CN(C)C(=O)c1ccc(Br)cc1F. The average molecular weight is 331 g/mol. The van der Waals surface area contributed by atoms with Crippen LogP contribution in [0.3, 0.4) is 0 Å². The van der Waals surface area contributed by atoms with Crippen molar-refractivity contribution < 1.29 is 14.0 Å². The number of carbonyl (C=O) groups excluding carboxylic acids is 2. The highest BCUT2D eigenvalue weighted by atomic mass is 79.9. The van der Waals surface area contributed by atoms with Crippen molar-refractivity contribution in [1.29, 1.82) is 0 Å². The second-order valence-corrected chi connectivity index (χ2v) is 5.05. The van der Waals surface area contributed by atoms with E-state index in [9.17, 15) is 14.0 Å². The van der Waals surface area contributed by atoms with Crippen molar-refractivity contribution in [3.8, 4) is 0 Å². The van der Waals surface area contributed by atoms with Gasteiger partial charge in [0.15, 0.2) is 0 Å². The summed E-state index contributed by atoms with van der Waals surface area (Å²) in [5, 5.41) is 2.66. The largest absolute Gasteiger partial charge is 0.355 e. The minimum atomic E-state index is -0.611. The Balaban J connectivity index is 2.69. The third kappa shape index (κ3) is 4.63. The third-order valence-electron chi connectivity index (χ3n) is 2.46. The molecule has 0 saturated carbocycles. The molecule has 104 valence electrons. The molecule has 0 aliphatic heterocycles. The maximum Gasteiger partial charge on any atom is 0.257 e. The topological polar surface area (TPSA) is 49.4 Å². The van der Waals surface area contributed by atoms with Gasteiger partial charge in [0.25, 0.3) is 5.91 Å². The molecule has 0 atom stereocenters. The zero-order valence-corrected chi connectivity index (χ0v) is 12.5. The van der Waals surface area contributed by atoms with E-state index in [-0.39, 0.29) is 18.0 Å². The Morgan fingerprint density at radius 2 is 2.11 bits per heavy atom. The molecule has 6 heteroatoms. The maximum atomic E-state index is 13.6. The highest BCUT2D eigenvalue weighted by molar-refractivity contribution is 9.10. The summed E-state index contributed by atoms with van der Waals surface area (Å²) < 4.78 is 14.2. The summed E-state index contributed by atoms with van der Waals surface area (Å²) in [7, 11) is 1.47. The Bertz CT molecular complexity index is 480. The van der Waals surface area contributed by atoms with Gasteiger partial charge in [-0.2, -0.15) is 0 Å². The quantitative estimate of drug-likeness (QED) is 0.899. The predicted octanol–water partition coefficient (Wildman–Crippen LogP) is 2.19. The number of nitrogens with zero attached hydrogens (tertiary/aromatic N) is 1. The van der Waals surface area contributed by atoms with Gasteiger partial charge in [-0.3, -0.25) is 9.59 Å². The minimum Gasteiger partial charge on any atom is -0.355 e. The Morgan fingerprint density at radius 3 is 2.68 bits per heavy atom. The summed E-state index contributed by atoms with van der Waals surface area (Å²) in [5.74, 6) is -1.38. The van der Waals surface area contributed by atoms with Crippen LogP contribution in [0.5, 0.6) is 0 Å². The average Bonchev–Trinajstić information content (AvgIpc) is 2.35. The Labute approximate surface area is 120 Å². The molecule has 0 heterocycles. The van der Waals surface area contributed by atoms with Crippen LogP contribution in [-0.4, -0.2) is 36.9 Å². The summed E-state index contributed by atoms with van der Waals surface area (Å²) >= 11 is 3.12. The number of amides is 2. The second-order valence-electron chi connectivity index (χ2n) is 4.14. The van der Waals surface area contributed by atoms with Crippen LogP contribution in [0.4, 0.5) is 4.39 Å². The lowest BCUT2D eigenvalue weighted by molar-refractivity contribution is -0.121. The van der Waals surface area contributed by atoms with Gasteiger partial charge in [-0.15, -0.1) is 0 Å². The molecule has 0 aliphatic rings. The van der Waals surface area contributed by atoms with Crippen LogP contribution < -0.4 is 5.32 Å². The number of benzene rings is 1. The third-order valence-corrected chi connectivity index (χ3v) is 2.95. The number of likely N-dealkylation sites (N-methyl/N-ethyl adjacent to an activating group) is 1. The minimum absolute atomic E-state index is 0.0472. The van der Waals surface area contributed by atoms with E-state index in [2.05, 4.69) is 21.2 Å². The van der Waals surface area contributed by atoms with E-state index in [1.165, 1.54) is 24.1 Å². The zero-order valence-electron chi connectivity index (χ0n) is 10.9. The molecule has 0 fully saturated rings. The van der Waals surface area contributed by atoms with Gasteiger partial charge < -0.3 is 10.2 Å². The van der Waals surface area contributed by atoms with Crippen molar-refractivity contribution in [1.82, 2.24) is 10.2 Å². The number of rotatable bonds is 5. The van der Waals surface area contributed by atoms with E-state index in [0.717, 1.165) is 6.42 Å². The van der Waals surface area contributed by atoms with Crippen LogP contribution in [0, 0.1) is 5.82 Å². The lowest BCUT2D eigenvalue weighted by atomic mass is 10.2. The van der Waals surface area contributed by atoms with Gasteiger partial charge in [0.2, 0.25) is 5.91 Å². The molecule has 1 rings (SSSR count). The number of nitrogens with one attached hydrogen (secondary N) is 1. The number of hydrogen-bond acceptors (Lipinski definition) is 2. The van der Waals surface area contributed by atoms with Gasteiger partial charge >= 0.3 is 0 Å². The van der Waals surface area contributed by atoms with Gasteiger partial charge in [-0.1, -0.05) is 22.9 Å². The van der Waals surface area contributed by atoms with Gasteiger partial charge in [0.05, 0.1) is 12.1 Å². The molecular weight excluding hydrogens is 315 g/mol. The van der Waals surface area contributed by atoms with Gasteiger partial charge in [-0.05, 0) is 24.6 Å². The highest BCUT2D eigenvalue weighted by Crippen LogP contribution is 2.16. The van der Waals surface area contributed by atoms with Crippen molar-refractivity contribution in [3.63, 3.8) is 0 Å². The molecule has 4 nitrogen and oxygen atoms in total. The van der Waals surface area contributed by atoms with Gasteiger partial charge in [0.1, 0.15) is 5.82 Å². The van der Waals surface area contributed by atoms with Crippen molar-refractivity contribution >= 4 is 27.7 Å². The first-order valence-corrected chi connectivity index (χ1v) is 6.72. The molecule has 2 amide bonds. The monoisotopic (exact) mass is 330 g/mol. The molecule has 0 aliphatic carbocycles. The Hall–Kier alpha value is -1.43. The van der Waals surface area contributed by atoms with Crippen LogP contribution in [-0.2, 0) is 4.79 Å². The molecule has 0 saturated heterocycles.